The van der Waals surface area contributed by atoms with Gasteiger partial charge in [0.05, 0.1) is 30.4 Å². The van der Waals surface area contributed by atoms with Crippen LogP contribution in [0.25, 0.3) is 0 Å². The molecule has 0 radical (unpaired) electrons. The molecule has 2 amide bonds. The molecule has 0 N–H and O–H groups in total. The Morgan fingerprint density at radius 2 is 1.81 bits per heavy atom. The van der Waals surface area contributed by atoms with Crippen LogP contribution in [0, 0.1) is 0 Å². The molecule has 0 aromatic heterocycles. The SMILES string of the molecule is O=C1c2ccccc2C(=O)N1CCOC1CCCC(Br)C1. The average molecular weight is 352 g/mol. The Morgan fingerprint density at radius 1 is 1.14 bits per heavy atom. The number of alkyl halides is 1. The number of benzene rings is 1. The molecule has 112 valence electrons. The molecule has 2 atom stereocenters. The third-order valence-corrected chi connectivity index (χ3v) is 4.94. The Bertz CT molecular complexity index is 525. The number of halogens is 1. The molecule has 1 aliphatic heterocycles. The van der Waals surface area contributed by atoms with Gasteiger partial charge in [0, 0.05) is 4.83 Å². The third kappa shape index (κ3) is 3.04. The van der Waals surface area contributed by atoms with Crippen molar-refractivity contribution >= 4 is 27.7 Å². The van der Waals surface area contributed by atoms with Gasteiger partial charge in [0.1, 0.15) is 0 Å². The number of hydrogen-bond acceptors (Lipinski definition) is 3. The Balaban J connectivity index is 1.55. The van der Waals surface area contributed by atoms with Gasteiger partial charge in [-0.15, -0.1) is 0 Å². The number of hydrogen-bond donors (Lipinski definition) is 0. The quantitative estimate of drug-likeness (QED) is 0.618. The summed E-state index contributed by atoms with van der Waals surface area (Å²) in [6.07, 6.45) is 4.65. The fourth-order valence-electron chi connectivity index (χ4n) is 2.99. The van der Waals surface area contributed by atoms with Crippen molar-refractivity contribution in [2.45, 2.75) is 36.6 Å². The lowest BCUT2D eigenvalue weighted by Crippen LogP contribution is -2.34. The minimum Gasteiger partial charge on any atom is -0.376 e. The normalized spacial score (nSPS) is 25.3. The van der Waals surface area contributed by atoms with Crippen LogP contribution in [0.1, 0.15) is 46.4 Å². The molecule has 1 fully saturated rings. The first-order chi connectivity index (χ1) is 10.2. The summed E-state index contributed by atoms with van der Waals surface area (Å²) in [6, 6.07) is 6.96. The summed E-state index contributed by atoms with van der Waals surface area (Å²) in [5, 5.41) is 0. The first-order valence-electron chi connectivity index (χ1n) is 7.37. The van der Waals surface area contributed by atoms with E-state index in [2.05, 4.69) is 15.9 Å². The molecule has 0 spiro atoms. The second-order valence-corrected chi connectivity index (χ2v) is 6.86. The van der Waals surface area contributed by atoms with E-state index in [4.69, 9.17) is 4.74 Å². The summed E-state index contributed by atoms with van der Waals surface area (Å²) >= 11 is 3.63. The van der Waals surface area contributed by atoms with Crippen molar-refractivity contribution in [3.8, 4) is 0 Å². The van der Waals surface area contributed by atoms with Crippen LogP contribution < -0.4 is 0 Å². The highest BCUT2D eigenvalue weighted by molar-refractivity contribution is 9.09. The number of amides is 2. The van der Waals surface area contributed by atoms with Gasteiger partial charge < -0.3 is 4.74 Å². The Morgan fingerprint density at radius 3 is 2.43 bits per heavy atom. The largest absolute Gasteiger partial charge is 0.376 e. The molecule has 1 aromatic carbocycles. The van der Waals surface area contributed by atoms with Gasteiger partial charge in [0.2, 0.25) is 0 Å². The van der Waals surface area contributed by atoms with E-state index in [1.165, 1.54) is 11.3 Å². The lowest BCUT2D eigenvalue weighted by atomic mass is 9.98. The lowest BCUT2D eigenvalue weighted by Gasteiger charge is -2.26. The van der Waals surface area contributed by atoms with Crippen molar-refractivity contribution in [2.75, 3.05) is 13.2 Å². The maximum atomic E-state index is 12.2. The van der Waals surface area contributed by atoms with Crippen LogP contribution in [0.5, 0.6) is 0 Å². The number of ether oxygens (including phenoxy) is 1. The van der Waals surface area contributed by atoms with Crippen LogP contribution in [-0.4, -0.2) is 40.8 Å². The molecule has 1 aromatic rings. The van der Waals surface area contributed by atoms with E-state index < -0.39 is 0 Å². The van der Waals surface area contributed by atoms with Crippen molar-refractivity contribution in [3.05, 3.63) is 35.4 Å². The molecule has 1 saturated carbocycles. The summed E-state index contributed by atoms with van der Waals surface area (Å²) < 4.78 is 5.83. The highest BCUT2D eigenvalue weighted by Crippen LogP contribution is 2.26. The monoisotopic (exact) mass is 351 g/mol. The summed E-state index contributed by atoms with van der Waals surface area (Å²) in [4.78, 5) is 26.2. The first-order valence-corrected chi connectivity index (χ1v) is 8.29. The Hall–Kier alpha value is -1.20. The standard InChI is InChI=1S/C16H18BrNO3/c17-11-4-3-5-12(10-11)21-9-8-18-15(19)13-6-1-2-7-14(13)16(18)20/h1-2,6-7,11-12H,3-5,8-10H2. The van der Waals surface area contributed by atoms with Crippen molar-refractivity contribution in [2.24, 2.45) is 0 Å². The Labute approximate surface area is 132 Å². The van der Waals surface area contributed by atoms with Gasteiger partial charge in [-0.3, -0.25) is 14.5 Å². The van der Waals surface area contributed by atoms with Crippen LogP contribution >= 0.6 is 15.9 Å². The number of carbonyl (C=O) groups excluding carboxylic acids is 2. The van der Waals surface area contributed by atoms with Gasteiger partial charge in [-0.2, -0.15) is 0 Å². The van der Waals surface area contributed by atoms with Crippen LogP contribution in [0.4, 0.5) is 0 Å². The zero-order chi connectivity index (χ0) is 14.8. The fourth-order valence-corrected chi connectivity index (χ4v) is 3.73. The van der Waals surface area contributed by atoms with Gasteiger partial charge >= 0.3 is 0 Å². The lowest BCUT2D eigenvalue weighted by molar-refractivity contribution is 0.0183. The van der Waals surface area contributed by atoms with Crippen molar-refractivity contribution < 1.29 is 14.3 Å². The zero-order valence-corrected chi connectivity index (χ0v) is 13.3. The molecule has 2 unspecified atom stereocenters. The molecule has 2 aliphatic rings. The average Bonchev–Trinajstić information content (AvgIpc) is 2.73. The van der Waals surface area contributed by atoms with Gasteiger partial charge in [0.25, 0.3) is 11.8 Å². The van der Waals surface area contributed by atoms with Crippen LogP contribution in [0.2, 0.25) is 0 Å². The topological polar surface area (TPSA) is 46.6 Å². The van der Waals surface area contributed by atoms with E-state index in [0.29, 0.717) is 29.1 Å². The van der Waals surface area contributed by atoms with Gasteiger partial charge in [-0.05, 0) is 37.8 Å². The van der Waals surface area contributed by atoms with Crippen LogP contribution in [0.15, 0.2) is 24.3 Å². The van der Waals surface area contributed by atoms with E-state index in [9.17, 15) is 9.59 Å². The van der Waals surface area contributed by atoms with E-state index in [1.54, 1.807) is 24.3 Å². The van der Waals surface area contributed by atoms with Gasteiger partial charge in [-0.1, -0.05) is 28.1 Å². The highest BCUT2D eigenvalue weighted by atomic mass is 79.9. The molecule has 21 heavy (non-hydrogen) atoms. The van der Waals surface area contributed by atoms with Gasteiger partial charge in [-0.25, -0.2) is 0 Å². The minimum atomic E-state index is -0.207. The minimum absolute atomic E-state index is 0.207. The number of carbonyl (C=O) groups is 2. The molecule has 1 aliphatic carbocycles. The third-order valence-electron chi connectivity index (χ3n) is 4.11. The van der Waals surface area contributed by atoms with E-state index in [-0.39, 0.29) is 17.9 Å². The number of fused-ring (bicyclic) bond motifs is 1. The summed E-state index contributed by atoms with van der Waals surface area (Å²) in [5.74, 6) is -0.414. The Kier molecular flexibility index (Phi) is 4.40. The highest BCUT2D eigenvalue weighted by Gasteiger charge is 2.34. The first kappa shape index (κ1) is 14.7. The van der Waals surface area contributed by atoms with E-state index in [0.717, 1.165) is 19.3 Å². The second-order valence-electron chi connectivity index (χ2n) is 5.56. The predicted octanol–water partition coefficient (Wildman–Crippen LogP) is 3.01. The number of imide groups is 1. The summed E-state index contributed by atoms with van der Waals surface area (Å²) in [7, 11) is 0. The summed E-state index contributed by atoms with van der Waals surface area (Å²) in [6.45, 7) is 0.742. The smallest absolute Gasteiger partial charge is 0.261 e. The molecule has 3 rings (SSSR count). The maximum Gasteiger partial charge on any atom is 0.261 e. The van der Waals surface area contributed by atoms with Gasteiger partial charge in [0.15, 0.2) is 0 Å². The zero-order valence-electron chi connectivity index (χ0n) is 11.8. The molecular weight excluding hydrogens is 334 g/mol. The molecule has 5 heteroatoms. The van der Waals surface area contributed by atoms with Crippen molar-refractivity contribution in [3.63, 3.8) is 0 Å². The molecule has 0 saturated heterocycles. The van der Waals surface area contributed by atoms with E-state index in [1.807, 2.05) is 0 Å². The molecule has 1 heterocycles. The van der Waals surface area contributed by atoms with Crippen molar-refractivity contribution in [1.29, 1.82) is 0 Å². The number of nitrogens with zero attached hydrogens (tertiary/aromatic N) is 1. The number of rotatable bonds is 4. The van der Waals surface area contributed by atoms with Crippen molar-refractivity contribution in [1.82, 2.24) is 4.90 Å². The van der Waals surface area contributed by atoms with E-state index >= 15 is 0 Å². The van der Waals surface area contributed by atoms with Crippen LogP contribution in [-0.2, 0) is 4.74 Å². The predicted molar refractivity (Wildman–Crippen MR) is 82.7 cm³/mol. The van der Waals surface area contributed by atoms with Crippen LogP contribution in [0.3, 0.4) is 0 Å². The fraction of sp³-hybridized carbons (Fsp3) is 0.500. The molecular formula is C16H18BrNO3. The maximum absolute atomic E-state index is 12.2. The summed E-state index contributed by atoms with van der Waals surface area (Å²) in [5.41, 5.74) is 1.00. The second kappa shape index (κ2) is 6.28. The molecule has 4 nitrogen and oxygen atoms in total. The molecule has 0 bridgehead atoms.